The first-order chi connectivity index (χ1) is 17.3. The molecule has 0 aromatic heterocycles. The second kappa shape index (κ2) is 9.68. The molecule has 2 nitrogen and oxygen atoms in total. The fraction of sp³-hybridized carbons (Fsp3) is 0.242. The molecule has 3 heteroatoms. The predicted octanol–water partition coefficient (Wildman–Crippen LogP) is 8.23. The quantitative estimate of drug-likeness (QED) is 0.287. The third kappa shape index (κ3) is 4.40. The number of phenols is 1. The van der Waals surface area contributed by atoms with Gasteiger partial charge in [-0.15, -0.1) is 0 Å². The van der Waals surface area contributed by atoms with E-state index < -0.39 is 13.3 Å². The molecule has 0 bridgehead atoms. The van der Waals surface area contributed by atoms with Crippen molar-refractivity contribution in [2.45, 2.75) is 44.9 Å². The second-order valence-electron chi connectivity index (χ2n) is 10.7. The van der Waals surface area contributed by atoms with Crippen molar-refractivity contribution in [1.82, 2.24) is 0 Å². The van der Waals surface area contributed by atoms with Crippen LogP contribution in [0, 0.1) is 6.92 Å². The summed E-state index contributed by atoms with van der Waals surface area (Å²) in [6, 6.07) is 36.1. The molecule has 0 aliphatic carbocycles. The lowest BCUT2D eigenvalue weighted by Gasteiger charge is -2.35. The molecule has 0 amide bonds. The van der Waals surface area contributed by atoms with Crippen LogP contribution in [0.2, 0.25) is 0 Å². The van der Waals surface area contributed by atoms with E-state index in [1.807, 2.05) is 18.2 Å². The number of hydrogen-bond donors (Lipinski definition) is 1. The third-order valence-corrected chi connectivity index (χ3v) is 9.78. The van der Waals surface area contributed by atoms with Gasteiger partial charge in [0, 0.05) is 5.56 Å². The van der Waals surface area contributed by atoms with E-state index in [1.165, 1.54) is 16.3 Å². The number of benzene rings is 4. The van der Waals surface area contributed by atoms with Crippen molar-refractivity contribution < 1.29 is 5.11 Å². The minimum atomic E-state index is -0.683. The predicted molar refractivity (Wildman–Crippen MR) is 155 cm³/mol. The van der Waals surface area contributed by atoms with Gasteiger partial charge in [0.25, 0.3) is 0 Å². The van der Waals surface area contributed by atoms with E-state index in [4.69, 9.17) is 4.99 Å². The minimum absolute atomic E-state index is 0.178. The van der Waals surface area contributed by atoms with Crippen LogP contribution in [0.15, 0.2) is 108 Å². The van der Waals surface area contributed by atoms with Gasteiger partial charge in [0.05, 0.1) is 16.6 Å². The monoisotopic (exact) mass is 491 g/mol. The van der Waals surface area contributed by atoms with Gasteiger partial charge < -0.3 is 5.11 Å². The van der Waals surface area contributed by atoms with Crippen molar-refractivity contribution in [3.8, 4) is 5.75 Å². The molecule has 4 aromatic carbocycles. The van der Waals surface area contributed by atoms with E-state index in [9.17, 15) is 5.11 Å². The maximum atomic E-state index is 11.9. The van der Waals surface area contributed by atoms with Crippen molar-refractivity contribution >= 4 is 24.4 Å². The summed E-state index contributed by atoms with van der Waals surface area (Å²) in [7, 11) is -0.683. The zero-order chi connectivity index (χ0) is 25.3. The molecule has 2 atom stereocenters. The summed E-state index contributed by atoms with van der Waals surface area (Å²) in [4.78, 5) is 5.42. The van der Waals surface area contributed by atoms with Crippen molar-refractivity contribution in [3.05, 3.63) is 125 Å². The Labute approximate surface area is 216 Å². The SMILES string of the molecule is Cc1cc(C(C)(C)C)c(O)c(C2(c3ccccc3)CCP(c3ccccc3)C2=Nc2ccccc2)c1. The Bertz CT molecular complexity index is 1370. The molecule has 0 radical (unpaired) electrons. The van der Waals surface area contributed by atoms with Gasteiger partial charge in [-0.25, -0.2) is 0 Å². The summed E-state index contributed by atoms with van der Waals surface area (Å²) >= 11 is 0. The summed E-state index contributed by atoms with van der Waals surface area (Å²) in [5.41, 5.74) is 5.77. The summed E-state index contributed by atoms with van der Waals surface area (Å²) in [6.07, 6.45) is 1.93. The van der Waals surface area contributed by atoms with Gasteiger partial charge in [-0.3, -0.25) is 4.99 Å². The molecule has 1 fully saturated rings. The normalized spacial score (nSPS) is 21.1. The van der Waals surface area contributed by atoms with Crippen molar-refractivity contribution in [1.29, 1.82) is 0 Å². The topological polar surface area (TPSA) is 32.6 Å². The molecule has 36 heavy (non-hydrogen) atoms. The Balaban J connectivity index is 1.86. The Hall–Kier alpha value is -3.22. The lowest BCUT2D eigenvalue weighted by Crippen LogP contribution is -2.33. The number of phenolic OH excluding ortho intramolecular Hbond substituents is 1. The number of aliphatic imine (C=N–C) groups is 1. The van der Waals surface area contributed by atoms with Gasteiger partial charge >= 0.3 is 0 Å². The Morgan fingerprint density at radius 1 is 0.806 bits per heavy atom. The van der Waals surface area contributed by atoms with E-state index in [0.29, 0.717) is 5.75 Å². The molecule has 1 aliphatic rings. The highest BCUT2D eigenvalue weighted by atomic mass is 31.1. The molecule has 5 rings (SSSR count). The van der Waals surface area contributed by atoms with Crippen LogP contribution in [0.4, 0.5) is 5.69 Å². The van der Waals surface area contributed by atoms with Gasteiger partial charge in [-0.2, -0.15) is 0 Å². The van der Waals surface area contributed by atoms with E-state index in [-0.39, 0.29) is 5.41 Å². The molecule has 4 aromatic rings. The zero-order valence-electron chi connectivity index (χ0n) is 21.6. The van der Waals surface area contributed by atoms with Gasteiger partial charge in [0.2, 0.25) is 0 Å². The molecular formula is C33H34NOP. The van der Waals surface area contributed by atoms with Crippen LogP contribution >= 0.6 is 7.92 Å². The number of aromatic hydroxyl groups is 1. The van der Waals surface area contributed by atoms with Crippen LogP contribution in [0.25, 0.3) is 0 Å². The number of rotatable bonds is 4. The Morgan fingerprint density at radius 2 is 1.39 bits per heavy atom. The Morgan fingerprint density at radius 3 is 2.00 bits per heavy atom. The summed E-state index contributed by atoms with van der Waals surface area (Å²) in [5, 5.41) is 13.3. The number of hydrogen-bond acceptors (Lipinski definition) is 2. The number of nitrogens with zero attached hydrogens (tertiary/aromatic N) is 1. The number of aryl methyl sites for hydroxylation is 1. The van der Waals surface area contributed by atoms with Crippen molar-refractivity contribution in [3.63, 3.8) is 0 Å². The van der Waals surface area contributed by atoms with Gasteiger partial charge in [-0.1, -0.05) is 117 Å². The maximum absolute atomic E-state index is 11.9. The maximum Gasteiger partial charge on any atom is 0.123 e. The van der Waals surface area contributed by atoms with Crippen molar-refractivity contribution in [2.75, 3.05) is 6.16 Å². The molecule has 0 spiro atoms. The third-order valence-electron chi connectivity index (χ3n) is 7.20. The minimum Gasteiger partial charge on any atom is -0.507 e. The molecule has 0 saturated carbocycles. The molecule has 1 saturated heterocycles. The number of para-hydroxylation sites is 1. The van der Waals surface area contributed by atoms with E-state index in [0.717, 1.165) is 35.0 Å². The average Bonchev–Trinajstić information content (AvgIpc) is 3.26. The highest BCUT2D eigenvalue weighted by molar-refractivity contribution is 7.82. The van der Waals surface area contributed by atoms with Crippen LogP contribution in [0.1, 0.15) is 49.4 Å². The standard InChI is InChI=1S/C33H34NOP/c1-24-22-28(32(2,3)4)30(35)29(23-24)33(25-14-8-5-9-15-25)20-21-36(27-18-12-7-13-19-27)31(33)34-26-16-10-6-11-17-26/h5-19,22-23,35H,20-21H2,1-4H3. The van der Waals surface area contributed by atoms with Crippen LogP contribution in [0.3, 0.4) is 0 Å². The van der Waals surface area contributed by atoms with E-state index >= 15 is 0 Å². The van der Waals surface area contributed by atoms with Gasteiger partial charge in [0.1, 0.15) is 5.75 Å². The summed E-state index contributed by atoms with van der Waals surface area (Å²) < 4.78 is 0. The second-order valence-corrected chi connectivity index (χ2v) is 13.0. The van der Waals surface area contributed by atoms with Crippen LogP contribution in [-0.2, 0) is 10.8 Å². The van der Waals surface area contributed by atoms with Crippen molar-refractivity contribution in [2.24, 2.45) is 4.99 Å². The molecule has 1 aliphatic heterocycles. The fourth-order valence-corrected chi connectivity index (χ4v) is 8.31. The zero-order valence-corrected chi connectivity index (χ0v) is 22.5. The summed E-state index contributed by atoms with van der Waals surface area (Å²) in [6.45, 7) is 8.65. The molecule has 182 valence electrons. The molecule has 1 heterocycles. The van der Waals surface area contributed by atoms with E-state index in [1.54, 1.807) is 0 Å². The first kappa shape index (κ1) is 24.5. The molecule has 1 N–H and O–H groups in total. The fourth-order valence-electron chi connectivity index (χ4n) is 5.45. The largest absolute Gasteiger partial charge is 0.507 e. The lowest BCUT2D eigenvalue weighted by atomic mass is 9.70. The smallest absolute Gasteiger partial charge is 0.123 e. The molecular weight excluding hydrogens is 457 g/mol. The first-order valence-corrected chi connectivity index (χ1v) is 14.2. The van der Waals surface area contributed by atoms with Crippen LogP contribution in [-0.4, -0.2) is 16.7 Å². The Kier molecular flexibility index (Phi) is 6.58. The van der Waals surface area contributed by atoms with Gasteiger partial charge in [0.15, 0.2) is 0 Å². The first-order valence-electron chi connectivity index (χ1n) is 12.7. The van der Waals surface area contributed by atoms with E-state index in [2.05, 4.69) is 113 Å². The van der Waals surface area contributed by atoms with Crippen LogP contribution in [0.5, 0.6) is 5.75 Å². The lowest BCUT2D eigenvalue weighted by molar-refractivity contribution is 0.432. The molecule has 2 unspecified atom stereocenters. The highest BCUT2D eigenvalue weighted by Crippen LogP contribution is 2.60. The highest BCUT2D eigenvalue weighted by Gasteiger charge is 2.50. The average molecular weight is 492 g/mol. The van der Waals surface area contributed by atoms with Gasteiger partial charge in [-0.05, 0) is 61.4 Å². The van der Waals surface area contributed by atoms with Crippen LogP contribution < -0.4 is 5.30 Å². The summed E-state index contributed by atoms with van der Waals surface area (Å²) in [5.74, 6) is 0.405.